The first-order valence-corrected chi connectivity index (χ1v) is 9.09. The molecule has 0 spiro atoms. The maximum absolute atomic E-state index is 12.1. The molecule has 0 aliphatic carbocycles. The molecule has 3 rings (SSSR count). The molecule has 2 heterocycles. The predicted molar refractivity (Wildman–Crippen MR) is 101 cm³/mol. The maximum atomic E-state index is 12.1. The lowest BCUT2D eigenvalue weighted by atomic mass is 10.2. The summed E-state index contributed by atoms with van der Waals surface area (Å²) < 4.78 is 0. The highest BCUT2D eigenvalue weighted by Gasteiger charge is 2.14. The van der Waals surface area contributed by atoms with Gasteiger partial charge in [-0.05, 0) is 31.5 Å². The Kier molecular flexibility index (Phi) is 5.05. The summed E-state index contributed by atoms with van der Waals surface area (Å²) in [5.74, 6) is -0.363. The van der Waals surface area contributed by atoms with E-state index >= 15 is 0 Å². The average molecular weight is 373 g/mol. The van der Waals surface area contributed by atoms with E-state index in [-0.39, 0.29) is 11.6 Å². The van der Waals surface area contributed by atoms with E-state index in [1.54, 1.807) is 11.4 Å². The number of rotatable bonds is 4. The smallest absolute Gasteiger partial charge is 0.308 e. The molecule has 2 aromatic heterocycles. The number of carbonyl (C=O) groups is 2. The zero-order valence-corrected chi connectivity index (χ0v) is 15.1. The highest BCUT2D eigenvalue weighted by atomic mass is 32.1. The van der Waals surface area contributed by atoms with Crippen molar-refractivity contribution in [3.8, 4) is 0 Å². The number of hydrogen-bond donors (Lipinski definition) is 3. The first-order valence-electron chi connectivity index (χ1n) is 7.33. The second kappa shape index (κ2) is 7.41. The largest absolute Gasteiger partial charge is 0.325 e. The minimum absolute atomic E-state index is 0.226. The number of benzene rings is 1. The highest BCUT2D eigenvalue weighted by molar-refractivity contribution is 7.14. The number of nitrogens with one attached hydrogen (secondary N) is 3. The van der Waals surface area contributed by atoms with Gasteiger partial charge in [0.2, 0.25) is 0 Å². The van der Waals surface area contributed by atoms with Gasteiger partial charge in [0.15, 0.2) is 10.3 Å². The van der Waals surface area contributed by atoms with Crippen LogP contribution in [0.2, 0.25) is 0 Å². The van der Waals surface area contributed by atoms with Crippen LogP contribution in [-0.2, 0) is 0 Å². The summed E-state index contributed by atoms with van der Waals surface area (Å²) in [5, 5.41) is 12.3. The van der Waals surface area contributed by atoms with Gasteiger partial charge in [-0.1, -0.05) is 12.1 Å². The van der Waals surface area contributed by atoms with Crippen LogP contribution in [0.1, 0.15) is 21.7 Å². The van der Waals surface area contributed by atoms with E-state index in [2.05, 4.69) is 25.9 Å². The molecule has 0 unspecified atom stereocenters. The SMILES string of the molecule is Cc1cccc(NC(=O)Nc2nc(C(=O)Nc3nc(C)cs3)cs2)c1. The Hall–Kier alpha value is -2.78. The van der Waals surface area contributed by atoms with E-state index in [1.165, 1.54) is 22.7 Å². The third-order valence-corrected chi connectivity index (χ3v) is 4.71. The lowest BCUT2D eigenvalue weighted by molar-refractivity contribution is 0.102. The molecule has 0 atom stereocenters. The molecular weight excluding hydrogens is 358 g/mol. The number of aryl methyl sites for hydroxylation is 2. The van der Waals surface area contributed by atoms with Crippen molar-refractivity contribution < 1.29 is 9.59 Å². The highest BCUT2D eigenvalue weighted by Crippen LogP contribution is 2.19. The second-order valence-electron chi connectivity index (χ2n) is 5.23. The van der Waals surface area contributed by atoms with Gasteiger partial charge in [-0.25, -0.2) is 14.8 Å². The number of hydrogen-bond acceptors (Lipinski definition) is 6. The topological polar surface area (TPSA) is 96.0 Å². The first-order chi connectivity index (χ1) is 12.0. The van der Waals surface area contributed by atoms with Crippen molar-refractivity contribution in [3.05, 3.63) is 52.0 Å². The number of urea groups is 1. The lowest BCUT2D eigenvalue weighted by Gasteiger charge is -2.05. The van der Waals surface area contributed by atoms with Crippen LogP contribution in [0.4, 0.5) is 20.7 Å². The molecule has 0 saturated heterocycles. The summed E-state index contributed by atoms with van der Waals surface area (Å²) in [6.07, 6.45) is 0. The fourth-order valence-electron chi connectivity index (χ4n) is 1.99. The Labute approximate surface area is 152 Å². The van der Waals surface area contributed by atoms with Crippen LogP contribution in [0, 0.1) is 13.8 Å². The van der Waals surface area contributed by atoms with Gasteiger partial charge in [0.1, 0.15) is 5.69 Å². The van der Waals surface area contributed by atoms with Crippen LogP contribution in [0.5, 0.6) is 0 Å². The quantitative estimate of drug-likeness (QED) is 0.641. The molecule has 0 saturated carbocycles. The van der Waals surface area contributed by atoms with Crippen LogP contribution in [0.25, 0.3) is 0 Å². The lowest BCUT2D eigenvalue weighted by Crippen LogP contribution is -2.19. The predicted octanol–water partition coefficient (Wildman–Crippen LogP) is 4.11. The molecule has 0 radical (unpaired) electrons. The molecular formula is C16H15N5O2S2. The summed E-state index contributed by atoms with van der Waals surface area (Å²) in [4.78, 5) is 32.4. The molecule has 9 heteroatoms. The van der Waals surface area contributed by atoms with E-state index < -0.39 is 6.03 Å². The standard InChI is InChI=1S/C16H15N5O2S2/c1-9-4-3-5-11(6-9)18-14(23)21-16-19-12(8-25-16)13(22)20-15-17-10(2)7-24-15/h3-8H,1-2H3,(H,17,20,22)(H2,18,19,21,23). The molecule has 0 aliphatic heterocycles. The van der Waals surface area contributed by atoms with Gasteiger partial charge in [0.25, 0.3) is 5.91 Å². The molecule has 0 aliphatic rings. The fraction of sp³-hybridized carbons (Fsp3) is 0.125. The number of thiazole rings is 2. The maximum Gasteiger partial charge on any atom is 0.325 e. The van der Waals surface area contributed by atoms with Gasteiger partial charge >= 0.3 is 6.03 Å². The molecule has 3 N–H and O–H groups in total. The van der Waals surface area contributed by atoms with Gasteiger partial charge in [0, 0.05) is 16.4 Å². The normalized spacial score (nSPS) is 10.3. The minimum Gasteiger partial charge on any atom is -0.308 e. The Bertz CT molecular complexity index is 919. The average Bonchev–Trinajstić information content (AvgIpc) is 3.16. The number of anilines is 3. The van der Waals surface area contributed by atoms with Crippen LogP contribution in [0.15, 0.2) is 35.0 Å². The number of nitrogens with zero attached hydrogens (tertiary/aromatic N) is 2. The molecule has 3 amide bonds. The van der Waals surface area contributed by atoms with Gasteiger partial charge in [-0.2, -0.15) is 0 Å². The molecule has 0 fully saturated rings. The van der Waals surface area contributed by atoms with E-state index in [1.807, 2.05) is 37.4 Å². The van der Waals surface area contributed by atoms with Crippen molar-refractivity contribution in [2.24, 2.45) is 0 Å². The Morgan fingerprint density at radius 1 is 0.960 bits per heavy atom. The monoisotopic (exact) mass is 373 g/mol. The third kappa shape index (κ3) is 4.61. The van der Waals surface area contributed by atoms with Crippen molar-refractivity contribution in [1.29, 1.82) is 0 Å². The van der Waals surface area contributed by atoms with Gasteiger partial charge in [0.05, 0.1) is 5.69 Å². The molecule has 3 aromatic rings. The van der Waals surface area contributed by atoms with E-state index in [0.29, 0.717) is 16.0 Å². The van der Waals surface area contributed by atoms with E-state index in [9.17, 15) is 9.59 Å². The zero-order valence-electron chi connectivity index (χ0n) is 13.5. The first kappa shape index (κ1) is 17.1. The summed E-state index contributed by atoms with van der Waals surface area (Å²) in [6, 6.07) is 7.04. The van der Waals surface area contributed by atoms with Gasteiger partial charge in [-0.3, -0.25) is 15.4 Å². The molecule has 1 aromatic carbocycles. The van der Waals surface area contributed by atoms with Crippen LogP contribution >= 0.6 is 22.7 Å². The van der Waals surface area contributed by atoms with Gasteiger partial charge < -0.3 is 5.32 Å². The summed E-state index contributed by atoms with van der Waals surface area (Å²) in [7, 11) is 0. The van der Waals surface area contributed by atoms with Crippen LogP contribution in [0.3, 0.4) is 0 Å². The summed E-state index contributed by atoms with van der Waals surface area (Å²) in [5.41, 5.74) is 2.80. The van der Waals surface area contributed by atoms with Crippen molar-refractivity contribution in [1.82, 2.24) is 9.97 Å². The molecule has 128 valence electrons. The molecule has 7 nitrogen and oxygen atoms in total. The Balaban J connectivity index is 1.59. The minimum atomic E-state index is -0.414. The van der Waals surface area contributed by atoms with Crippen LogP contribution < -0.4 is 16.0 Å². The number of carbonyl (C=O) groups excluding carboxylic acids is 2. The van der Waals surface area contributed by atoms with Crippen LogP contribution in [-0.4, -0.2) is 21.9 Å². The number of aromatic nitrogens is 2. The summed E-state index contributed by atoms with van der Waals surface area (Å²) >= 11 is 2.52. The fourth-order valence-corrected chi connectivity index (χ4v) is 3.36. The van der Waals surface area contributed by atoms with Crippen molar-refractivity contribution in [2.75, 3.05) is 16.0 Å². The Morgan fingerprint density at radius 3 is 2.44 bits per heavy atom. The molecule has 25 heavy (non-hydrogen) atoms. The van der Waals surface area contributed by atoms with Gasteiger partial charge in [-0.15, -0.1) is 22.7 Å². The third-order valence-electron chi connectivity index (χ3n) is 3.07. The summed E-state index contributed by atoms with van der Waals surface area (Å²) in [6.45, 7) is 3.79. The van der Waals surface area contributed by atoms with Crippen molar-refractivity contribution >= 4 is 50.6 Å². The zero-order chi connectivity index (χ0) is 17.8. The molecule has 0 bridgehead atoms. The Morgan fingerprint density at radius 2 is 1.72 bits per heavy atom. The van der Waals surface area contributed by atoms with Crippen molar-refractivity contribution in [2.45, 2.75) is 13.8 Å². The van der Waals surface area contributed by atoms with Crippen molar-refractivity contribution in [3.63, 3.8) is 0 Å². The second-order valence-corrected chi connectivity index (χ2v) is 6.95. The van der Waals surface area contributed by atoms with E-state index in [4.69, 9.17) is 0 Å². The van der Waals surface area contributed by atoms with E-state index in [0.717, 1.165) is 11.3 Å². The number of amides is 3.